The molecule has 100 valence electrons. The predicted molar refractivity (Wildman–Crippen MR) is 70.7 cm³/mol. The van der Waals surface area contributed by atoms with Crippen LogP contribution in [0.4, 0.5) is 4.79 Å². The van der Waals surface area contributed by atoms with E-state index < -0.39 is 14.4 Å². The SMILES string of the molecule is CC(C)(C)[Si](C)(C)OC1CCCCN1C(=O)O. The topological polar surface area (TPSA) is 49.8 Å². The van der Waals surface area contributed by atoms with E-state index in [0.29, 0.717) is 6.54 Å². The Labute approximate surface area is 105 Å². The van der Waals surface area contributed by atoms with Gasteiger partial charge in [0.2, 0.25) is 0 Å². The molecule has 1 aliphatic heterocycles. The number of likely N-dealkylation sites (tertiary alicyclic amines) is 1. The molecule has 0 radical (unpaired) electrons. The van der Waals surface area contributed by atoms with E-state index in [1.807, 2.05) is 0 Å². The van der Waals surface area contributed by atoms with Gasteiger partial charge in [-0.05, 0) is 37.4 Å². The largest absolute Gasteiger partial charge is 0.465 e. The highest BCUT2D eigenvalue weighted by molar-refractivity contribution is 6.74. The first-order chi connectivity index (χ1) is 7.65. The molecule has 0 aliphatic carbocycles. The van der Waals surface area contributed by atoms with Gasteiger partial charge in [-0.1, -0.05) is 20.8 Å². The van der Waals surface area contributed by atoms with E-state index >= 15 is 0 Å². The number of carbonyl (C=O) groups is 1. The van der Waals surface area contributed by atoms with Gasteiger partial charge in [-0.2, -0.15) is 0 Å². The van der Waals surface area contributed by atoms with Crippen molar-refractivity contribution < 1.29 is 14.3 Å². The van der Waals surface area contributed by atoms with Crippen molar-refractivity contribution in [3.8, 4) is 0 Å². The Morgan fingerprint density at radius 2 is 1.94 bits per heavy atom. The third-order valence-corrected chi connectivity index (χ3v) is 8.40. The molecule has 0 spiro atoms. The molecular formula is C12H25NO3Si. The lowest BCUT2D eigenvalue weighted by Crippen LogP contribution is -2.52. The van der Waals surface area contributed by atoms with Crippen molar-refractivity contribution in [2.45, 2.75) is 64.4 Å². The Hall–Kier alpha value is -0.553. The van der Waals surface area contributed by atoms with Crippen LogP contribution in [-0.4, -0.2) is 37.2 Å². The minimum absolute atomic E-state index is 0.120. The zero-order chi connectivity index (χ0) is 13.3. The fraction of sp³-hybridized carbons (Fsp3) is 0.917. The number of rotatable bonds is 2. The maximum absolute atomic E-state index is 11.2. The minimum Gasteiger partial charge on any atom is -0.465 e. The molecule has 1 aliphatic rings. The Balaban J connectivity index is 2.74. The monoisotopic (exact) mass is 259 g/mol. The molecule has 4 nitrogen and oxygen atoms in total. The summed E-state index contributed by atoms with van der Waals surface area (Å²) in [7, 11) is -1.88. The van der Waals surface area contributed by atoms with Crippen LogP contribution in [0.5, 0.6) is 0 Å². The van der Waals surface area contributed by atoms with Crippen LogP contribution in [0.15, 0.2) is 0 Å². The molecule has 1 rings (SSSR count). The predicted octanol–water partition coefficient (Wildman–Crippen LogP) is 3.50. The zero-order valence-corrected chi connectivity index (χ0v) is 12.6. The van der Waals surface area contributed by atoms with Gasteiger partial charge in [0.1, 0.15) is 6.23 Å². The maximum Gasteiger partial charge on any atom is 0.409 e. The van der Waals surface area contributed by atoms with Crippen LogP contribution in [0.3, 0.4) is 0 Å². The molecular weight excluding hydrogens is 234 g/mol. The van der Waals surface area contributed by atoms with Crippen LogP contribution in [0.25, 0.3) is 0 Å². The number of nitrogens with zero attached hydrogens (tertiary/aromatic N) is 1. The molecule has 1 saturated heterocycles. The molecule has 1 atom stereocenters. The van der Waals surface area contributed by atoms with Crippen molar-refractivity contribution >= 4 is 14.4 Å². The first-order valence-corrected chi connectivity index (χ1v) is 9.23. The Bertz CT molecular complexity index is 286. The van der Waals surface area contributed by atoms with Crippen LogP contribution < -0.4 is 0 Å². The molecule has 1 amide bonds. The third kappa shape index (κ3) is 3.45. The molecule has 1 fully saturated rings. The molecule has 5 heteroatoms. The highest BCUT2D eigenvalue weighted by Crippen LogP contribution is 2.38. The molecule has 1 heterocycles. The van der Waals surface area contributed by atoms with Crippen LogP contribution in [0.2, 0.25) is 18.1 Å². The summed E-state index contributed by atoms with van der Waals surface area (Å²) in [4.78, 5) is 12.6. The smallest absolute Gasteiger partial charge is 0.409 e. The second-order valence-electron chi connectivity index (χ2n) is 6.30. The van der Waals surface area contributed by atoms with Crippen LogP contribution in [0.1, 0.15) is 40.0 Å². The van der Waals surface area contributed by atoms with Crippen LogP contribution in [-0.2, 0) is 4.43 Å². The first-order valence-electron chi connectivity index (χ1n) is 6.32. The number of hydrogen-bond donors (Lipinski definition) is 1. The second-order valence-corrected chi connectivity index (χ2v) is 11.1. The highest BCUT2D eigenvalue weighted by Gasteiger charge is 2.41. The lowest BCUT2D eigenvalue weighted by atomic mass is 10.1. The van der Waals surface area contributed by atoms with Gasteiger partial charge >= 0.3 is 6.09 Å². The summed E-state index contributed by atoms with van der Waals surface area (Å²) in [6, 6.07) is 0. The van der Waals surface area contributed by atoms with Crippen LogP contribution in [0, 0.1) is 0 Å². The van der Waals surface area contributed by atoms with E-state index in [4.69, 9.17) is 9.53 Å². The number of carboxylic acid groups (broad SMARTS) is 1. The molecule has 0 aromatic rings. The standard InChI is InChI=1S/C12H25NO3Si/c1-12(2,3)17(4,5)16-10-8-6-7-9-13(10)11(14)15/h10H,6-9H2,1-5H3,(H,14,15). The fourth-order valence-corrected chi connectivity index (χ4v) is 3.04. The van der Waals surface area contributed by atoms with Crippen LogP contribution >= 0.6 is 0 Å². The third-order valence-electron chi connectivity index (χ3n) is 3.93. The zero-order valence-electron chi connectivity index (χ0n) is 11.6. The quantitative estimate of drug-likeness (QED) is 0.772. The van der Waals surface area contributed by atoms with Gasteiger partial charge in [-0.25, -0.2) is 4.79 Å². The van der Waals surface area contributed by atoms with Gasteiger partial charge in [0.25, 0.3) is 0 Å². The Morgan fingerprint density at radius 1 is 1.35 bits per heavy atom. The van der Waals surface area contributed by atoms with Gasteiger partial charge in [0, 0.05) is 6.54 Å². The fourth-order valence-electron chi connectivity index (χ4n) is 1.76. The van der Waals surface area contributed by atoms with Gasteiger partial charge in [-0.3, -0.25) is 4.90 Å². The van der Waals surface area contributed by atoms with Gasteiger partial charge in [0.15, 0.2) is 8.32 Å². The Kier molecular flexibility index (Phi) is 4.25. The van der Waals surface area contributed by atoms with E-state index in [0.717, 1.165) is 19.3 Å². The summed E-state index contributed by atoms with van der Waals surface area (Å²) in [6.07, 6.45) is 1.75. The van der Waals surface area contributed by atoms with Crippen molar-refractivity contribution in [2.24, 2.45) is 0 Å². The minimum atomic E-state index is -1.88. The van der Waals surface area contributed by atoms with Crippen molar-refractivity contribution in [1.82, 2.24) is 4.90 Å². The number of piperidine rings is 1. The van der Waals surface area contributed by atoms with Gasteiger partial charge in [-0.15, -0.1) is 0 Å². The van der Waals surface area contributed by atoms with Crippen molar-refractivity contribution in [1.29, 1.82) is 0 Å². The summed E-state index contributed by atoms with van der Waals surface area (Å²) in [5, 5.41) is 9.29. The van der Waals surface area contributed by atoms with E-state index in [1.54, 1.807) is 0 Å². The molecule has 0 saturated carbocycles. The molecule has 1 N–H and O–H groups in total. The van der Waals surface area contributed by atoms with Crippen molar-refractivity contribution in [3.63, 3.8) is 0 Å². The summed E-state index contributed by atoms with van der Waals surface area (Å²) >= 11 is 0. The normalized spacial score (nSPS) is 22.6. The number of amides is 1. The number of hydrogen-bond acceptors (Lipinski definition) is 2. The molecule has 0 aromatic carbocycles. The van der Waals surface area contributed by atoms with E-state index in [2.05, 4.69) is 33.9 Å². The summed E-state index contributed by atoms with van der Waals surface area (Å²) in [6.45, 7) is 11.5. The first kappa shape index (κ1) is 14.5. The lowest BCUT2D eigenvalue weighted by Gasteiger charge is -2.43. The van der Waals surface area contributed by atoms with Crippen molar-refractivity contribution in [3.05, 3.63) is 0 Å². The van der Waals surface area contributed by atoms with Crippen molar-refractivity contribution in [2.75, 3.05) is 6.54 Å². The van der Waals surface area contributed by atoms with E-state index in [1.165, 1.54) is 4.90 Å². The lowest BCUT2D eigenvalue weighted by molar-refractivity contribution is -0.00271. The summed E-state index contributed by atoms with van der Waals surface area (Å²) < 4.78 is 6.20. The second kappa shape index (κ2) is 4.98. The average Bonchev–Trinajstić information content (AvgIpc) is 2.15. The maximum atomic E-state index is 11.2. The molecule has 0 aromatic heterocycles. The molecule has 17 heavy (non-hydrogen) atoms. The molecule has 0 bridgehead atoms. The van der Waals surface area contributed by atoms with Gasteiger partial charge < -0.3 is 9.53 Å². The molecule has 1 unspecified atom stereocenters. The van der Waals surface area contributed by atoms with E-state index in [9.17, 15) is 4.79 Å². The van der Waals surface area contributed by atoms with E-state index in [-0.39, 0.29) is 11.3 Å². The van der Waals surface area contributed by atoms with Gasteiger partial charge in [0.05, 0.1) is 0 Å². The summed E-state index contributed by atoms with van der Waals surface area (Å²) in [5.74, 6) is 0. The average molecular weight is 259 g/mol. The summed E-state index contributed by atoms with van der Waals surface area (Å²) in [5.41, 5.74) is 0. The highest BCUT2D eigenvalue weighted by atomic mass is 28.4. The Morgan fingerprint density at radius 3 is 2.41 bits per heavy atom.